The predicted molar refractivity (Wildman–Crippen MR) is 130 cm³/mol. The molecule has 1 fully saturated rings. The Balaban J connectivity index is 1.74. The molecule has 5 heteroatoms. The number of methoxy groups -OCH3 is 1. The zero-order chi connectivity index (χ0) is 22.1. The Labute approximate surface area is 186 Å². The normalized spacial score (nSPS) is 15.5. The molecule has 2 heterocycles. The molecule has 1 aliphatic carbocycles. The van der Waals surface area contributed by atoms with E-state index in [2.05, 4.69) is 47.3 Å². The highest BCUT2D eigenvalue weighted by Gasteiger charge is 2.14. The second kappa shape index (κ2) is 11.3. The lowest BCUT2D eigenvalue weighted by atomic mass is 9.95. The van der Waals surface area contributed by atoms with Gasteiger partial charge >= 0.3 is 0 Å². The first-order valence-corrected chi connectivity index (χ1v) is 11.1. The predicted octanol–water partition coefficient (Wildman–Crippen LogP) is 6.27. The average molecular weight is 419 g/mol. The second-order valence-corrected chi connectivity index (χ2v) is 7.94. The third-order valence-corrected chi connectivity index (χ3v) is 5.69. The number of aromatic nitrogens is 2. The first-order chi connectivity index (χ1) is 15.1. The van der Waals surface area contributed by atoms with Crippen LogP contribution in [0.3, 0.4) is 0 Å². The summed E-state index contributed by atoms with van der Waals surface area (Å²) in [7, 11) is 1.65. The standard InChI is InChI=1S/C26H34N4O/c1-5-20(15-22(6-2)31-4)18-28-25-14-10-13-24(30-25)23-16-26(27-17-19(23)3)29-21-11-8-7-9-12-21/h5-6,10,13-17,21H,2,7-9,11-12,18H2,1,3-4H3,(H,27,29)(H,28,30)/b20-5+,22-15+. The van der Waals surface area contributed by atoms with E-state index in [4.69, 9.17) is 9.72 Å². The molecule has 2 aromatic rings. The zero-order valence-electron chi connectivity index (χ0n) is 18.9. The van der Waals surface area contributed by atoms with E-state index >= 15 is 0 Å². The number of nitrogens with one attached hydrogen (secondary N) is 2. The number of anilines is 2. The Bertz CT molecular complexity index is 942. The van der Waals surface area contributed by atoms with Gasteiger partial charge in [0.1, 0.15) is 17.4 Å². The van der Waals surface area contributed by atoms with Crippen molar-refractivity contribution < 1.29 is 4.74 Å². The number of allylic oxidation sites excluding steroid dienone is 2. The molecule has 2 N–H and O–H groups in total. The highest BCUT2D eigenvalue weighted by atomic mass is 16.5. The van der Waals surface area contributed by atoms with Gasteiger partial charge in [0.05, 0.1) is 12.8 Å². The molecule has 164 valence electrons. The number of ether oxygens (including phenoxy) is 1. The molecular formula is C26H34N4O. The van der Waals surface area contributed by atoms with Gasteiger partial charge in [0.15, 0.2) is 0 Å². The number of nitrogens with zero attached hydrogens (tertiary/aromatic N) is 2. The van der Waals surface area contributed by atoms with Crippen molar-refractivity contribution in [1.29, 1.82) is 0 Å². The molecule has 0 aromatic carbocycles. The molecule has 0 radical (unpaired) electrons. The zero-order valence-corrected chi connectivity index (χ0v) is 18.9. The highest BCUT2D eigenvalue weighted by molar-refractivity contribution is 5.68. The van der Waals surface area contributed by atoms with E-state index in [0.29, 0.717) is 12.6 Å². The molecule has 0 spiro atoms. The fourth-order valence-corrected chi connectivity index (χ4v) is 3.83. The summed E-state index contributed by atoms with van der Waals surface area (Å²) in [5.74, 6) is 2.51. The number of hydrogen-bond donors (Lipinski definition) is 2. The van der Waals surface area contributed by atoms with E-state index in [9.17, 15) is 0 Å². The van der Waals surface area contributed by atoms with Gasteiger partial charge in [-0.25, -0.2) is 9.97 Å². The molecule has 0 unspecified atom stereocenters. The molecule has 2 aromatic heterocycles. The van der Waals surface area contributed by atoms with Gasteiger partial charge in [-0.05, 0) is 68.2 Å². The summed E-state index contributed by atoms with van der Waals surface area (Å²) in [5, 5.41) is 7.04. The van der Waals surface area contributed by atoms with E-state index < -0.39 is 0 Å². The van der Waals surface area contributed by atoms with Crippen molar-refractivity contribution in [2.75, 3.05) is 24.3 Å². The van der Waals surface area contributed by atoms with Crippen LogP contribution in [0, 0.1) is 6.92 Å². The Hall–Kier alpha value is -3.08. The Kier molecular flexibility index (Phi) is 8.27. The van der Waals surface area contributed by atoms with E-state index in [-0.39, 0.29) is 0 Å². The van der Waals surface area contributed by atoms with Crippen molar-refractivity contribution in [2.45, 2.75) is 52.0 Å². The van der Waals surface area contributed by atoms with Gasteiger partial charge in [-0.3, -0.25) is 0 Å². The van der Waals surface area contributed by atoms with Gasteiger partial charge in [0, 0.05) is 24.3 Å². The van der Waals surface area contributed by atoms with E-state index in [0.717, 1.165) is 39.8 Å². The molecule has 0 atom stereocenters. The Morgan fingerprint density at radius 3 is 2.74 bits per heavy atom. The van der Waals surface area contributed by atoms with Crippen LogP contribution in [0.5, 0.6) is 0 Å². The minimum absolute atomic E-state index is 0.526. The van der Waals surface area contributed by atoms with Gasteiger partial charge < -0.3 is 15.4 Å². The molecule has 31 heavy (non-hydrogen) atoms. The summed E-state index contributed by atoms with van der Waals surface area (Å²) in [5.41, 5.74) is 4.27. The van der Waals surface area contributed by atoms with Crippen LogP contribution in [0.25, 0.3) is 11.3 Å². The quantitative estimate of drug-likeness (QED) is 0.371. The molecule has 5 nitrogen and oxygen atoms in total. The molecule has 0 bridgehead atoms. The van der Waals surface area contributed by atoms with Crippen molar-refractivity contribution in [1.82, 2.24) is 9.97 Å². The van der Waals surface area contributed by atoms with E-state index in [1.807, 2.05) is 31.3 Å². The smallest absolute Gasteiger partial charge is 0.126 e. The fraction of sp³-hybridized carbons (Fsp3) is 0.385. The lowest BCUT2D eigenvalue weighted by Crippen LogP contribution is -2.22. The highest BCUT2D eigenvalue weighted by Crippen LogP contribution is 2.27. The first-order valence-electron chi connectivity index (χ1n) is 11.1. The topological polar surface area (TPSA) is 59.1 Å². The fourth-order valence-electron chi connectivity index (χ4n) is 3.83. The number of rotatable bonds is 9. The molecular weight excluding hydrogens is 384 g/mol. The average Bonchev–Trinajstić information content (AvgIpc) is 2.81. The molecule has 0 saturated heterocycles. The third-order valence-electron chi connectivity index (χ3n) is 5.69. The van der Waals surface area contributed by atoms with Crippen LogP contribution in [0.2, 0.25) is 0 Å². The van der Waals surface area contributed by atoms with Crippen LogP contribution in [-0.4, -0.2) is 29.7 Å². The number of hydrogen-bond acceptors (Lipinski definition) is 5. The largest absolute Gasteiger partial charge is 0.497 e. The summed E-state index contributed by atoms with van der Waals surface area (Å²) < 4.78 is 5.29. The second-order valence-electron chi connectivity index (χ2n) is 7.94. The van der Waals surface area contributed by atoms with Crippen LogP contribution in [0.4, 0.5) is 11.6 Å². The summed E-state index contributed by atoms with van der Waals surface area (Å²) in [6.45, 7) is 8.51. The lowest BCUT2D eigenvalue weighted by Gasteiger charge is -2.23. The monoisotopic (exact) mass is 418 g/mol. The van der Waals surface area contributed by atoms with Gasteiger partial charge in [-0.15, -0.1) is 0 Å². The van der Waals surface area contributed by atoms with Crippen molar-refractivity contribution in [3.8, 4) is 11.3 Å². The van der Waals surface area contributed by atoms with Gasteiger partial charge in [-0.2, -0.15) is 0 Å². The maximum atomic E-state index is 5.29. The summed E-state index contributed by atoms with van der Waals surface area (Å²) in [6.07, 6.45) is 14.1. The first kappa shape index (κ1) is 22.6. The Morgan fingerprint density at radius 1 is 1.23 bits per heavy atom. The maximum absolute atomic E-state index is 5.29. The molecule has 1 saturated carbocycles. The number of pyridine rings is 2. The lowest BCUT2D eigenvalue weighted by molar-refractivity contribution is 0.307. The van der Waals surface area contributed by atoms with Crippen molar-refractivity contribution in [3.63, 3.8) is 0 Å². The van der Waals surface area contributed by atoms with E-state index in [1.54, 1.807) is 13.2 Å². The van der Waals surface area contributed by atoms with Gasteiger partial charge in [0.2, 0.25) is 0 Å². The number of aryl methyl sites for hydroxylation is 1. The van der Waals surface area contributed by atoms with Crippen molar-refractivity contribution in [2.24, 2.45) is 0 Å². The van der Waals surface area contributed by atoms with Crippen LogP contribution in [-0.2, 0) is 4.74 Å². The van der Waals surface area contributed by atoms with Crippen molar-refractivity contribution in [3.05, 3.63) is 72.2 Å². The summed E-state index contributed by atoms with van der Waals surface area (Å²) in [4.78, 5) is 9.46. The molecule has 1 aliphatic rings. The van der Waals surface area contributed by atoms with Gasteiger partial charge in [-0.1, -0.05) is 38.0 Å². The molecule has 0 amide bonds. The van der Waals surface area contributed by atoms with Crippen LogP contribution in [0.15, 0.2) is 66.6 Å². The SMILES string of the molecule is C=C/C(=C\C(=C/C)CNc1cccc(-c2cc(NC3CCCCC3)ncc2C)n1)OC. The minimum atomic E-state index is 0.526. The van der Waals surface area contributed by atoms with Gasteiger partial charge in [0.25, 0.3) is 0 Å². The molecule has 0 aliphatic heterocycles. The third kappa shape index (κ3) is 6.45. The maximum Gasteiger partial charge on any atom is 0.126 e. The van der Waals surface area contributed by atoms with E-state index in [1.165, 1.54) is 32.1 Å². The van der Waals surface area contributed by atoms with Crippen molar-refractivity contribution >= 4 is 11.6 Å². The Morgan fingerprint density at radius 2 is 2.03 bits per heavy atom. The van der Waals surface area contributed by atoms with Crippen LogP contribution >= 0.6 is 0 Å². The van der Waals surface area contributed by atoms with Crippen LogP contribution < -0.4 is 10.6 Å². The van der Waals surface area contributed by atoms with Crippen LogP contribution in [0.1, 0.15) is 44.6 Å². The molecule has 3 rings (SSSR count). The summed E-state index contributed by atoms with van der Waals surface area (Å²) >= 11 is 0. The summed E-state index contributed by atoms with van der Waals surface area (Å²) in [6, 6.07) is 8.73. The minimum Gasteiger partial charge on any atom is -0.497 e.